The molecule has 7 nitrogen and oxygen atoms in total. The second-order valence-electron chi connectivity index (χ2n) is 3.68. The highest BCUT2D eigenvalue weighted by Gasteiger charge is 2.08. The summed E-state index contributed by atoms with van der Waals surface area (Å²) in [7, 11) is 0. The van der Waals surface area contributed by atoms with Crippen LogP contribution in [-0.4, -0.2) is 15.7 Å². The second kappa shape index (κ2) is 4.98. The van der Waals surface area contributed by atoms with Crippen LogP contribution in [0.25, 0.3) is 10.9 Å². The highest BCUT2D eigenvalue weighted by atomic mass is 16.1. The molecule has 0 atom stereocenters. The molecule has 19 heavy (non-hydrogen) atoms. The summed E-state index contributed by atoms with van der Waals surface area (Å²) in [5, 5.41) is 21.3. The summed E-state index contributed by atoms with van der Waals surface area (Å²) in [5.41, 5.74) is 3.76. The molecule has 1 heterocycles. The van der Waals surface area contributed by atoms with Crippen molar-refractivity contribution in [1.29, 1.82) is 10.5 Å². The van der Waals surface area contributed by atoms with E-state index >= 15 is 0 Å². The minimum atomic E-state index is -0.304. The van der Waals surface area contributed by atoms with Gasteiger partial charge in [-0.15, -0.1) is 0 Å². The maximum atomic E-state index is 11.6. The maximum absolute atomic E-state index is 11.6. The number of aromatic nitrogens is 2. The Kier molecular flexibility index (Phi) is 3.22. The van der Waals surface area contributed by atoms with Crippen LogP contribution in [0.3, 0.4) is 0 Å². The first-order valence-electron chi connectivity index (χ1n) is 5.28. The highest BCUT2D eigenvalue weighted by Crippen LogP contribution is 2.22. The van der Waals surface area contributed by atoms with Crippen molar-refractivity contribution in [1.82, 2.24) is 9.97 Å². The van der Waals surface area contributed by atoms with E-state index in [2.05, 4.69) is 20.5 Å². The van der Waals surface area contributed by atoms with Crippen LogP contribution in [0.15, 0.2) is 28.4 Å². The largest absolute Gasteiger partial charge is 0.313 e. The summed E-state index contributed by atoms with van der Waals surface area (Å²) >= 11 is 0. The van der Waals surface area contributed by atoms with Gasteiger partial charge in [0.05, 0.1) is 17.4 Å². The Morgan fingerprint density at radius 2 is 2.16 bits per heavy atom. The van der Waals surface area contributed by atoms with Crippen LogP contribution in [0.4, 0.5) is 5.69 Å². The van der Waals surface area contributed by atoms with Gasteiger partial charge in [0.1, 0.15) is 17.7 Å². The predicted octanol–water partition coefficient (Wildman–Crippen LogP) is 1.05. The van der Waals surface area contributed by atoms with E-state index in [1.54, 1.807) is 31.2 Å². The minimum absolute atomic E-state index is 0.266. The Bertz CT molecular complexity index is 790. The van der Waals surface area contributed by atoms with E-state index in [9.17, 15) is 4.79 Å². The van der Waals surface area contributed by atoms with E-state index in [-0.39, 0.29) is 11.3 Å². The molecule has 0 amide bonds. The van der Waals surface area contributed by atoms with E-state index in [0.717, 1.165) is 5.56 Å². The van der Waals surface area contributed by atoms with Crippen LogP contribution in [0.1, 0.15) is 5.56 Å². The number of aryl methyl sites for hydroxylation is 1. The summed E-state index contributed by atoms with van der Waals surface area (Å²) in [4.78, 5) is 18.2. The van der Waals surface area contributed by atoms with Gasteiger partial charge < -0.3 is 4.98 Å². The van der Waals surface area contributed by atoms with E-state index in [1.807, 2.05) is 0 Å². The fourth-order valence-electron chi connectivity index (χ4n) is 1.57. The number of nitriles is 2. The molecule has 0 saturated heterocycles. The zero-order chi connectivity index (χ0) is 13.8. The Morgan fingerprint density at radius 3 is 2.84 bits per heavy atom. The number of anilines is 1. The van der Waals surface area contributed by atoms with Gasteiger partial charge in [-0.25, -0.2) is 4.98 Å². The summed E-state index contributed by atoms with van der Waals surface area (Å²) in [6, 6.07) is 6.66. The van der Waals surface area contributed by atoms with E-state index in [4.69, 9.17) is 10.5 Å². The van der Waals surface area contributed by atoms with Crippen LogP contribution < -0.4 is 11.0 Å². The lowest BCUT2D eigenvalue weighted by Crippen LogP contribution is -2.08. The van der Waals surface area contributed by atoms with Crippen LogP contribution in [0, 0.1) is 29.6 Å². The number of hydrogen-bond acceptors (Lipinski definition) is 6. The van der Waals surface area contributed by atoms with Crippen molar-refractivity contribution in [2.45, 2.75) is 6.92 Å². The number of aromatic amines is 1. The number of benzene rings is 1. The Balaban J connectivity index is 2.61. The van der Waals surface area contributed by atoms with Gasteiger partial charge in [-0.1, -0.05) is 6.07 Å². The average Bonchev–Trinajstić information content (AvgIpc) is 2.42. The first kappa shape index (κ1) is 12.3. The number of hydrogen-bond donors (Lipinski definition) is 2. The van der Waals surface area contributed by atoms with Gasteiger partial charge in [0.2, 0.25) is 5.71 Å². The second-order valence-corrected chi connectivity index (χ2v) is 3.68. The predicted molar refractivity (Wildman–Crippen MR) is 69.4 cm³/mol. The topological polar surface area (TPSA) is 118 Å². The fourth-order valence-corrected chi connectivity index (χ4v) is 1.57. The molecule has 1 aromatic heterocycles. The summed E-state index contributed by atoms with van der Waals surface area (Å²) < 4.78 is 0. The smallest absolute Gasteiger partial charge is 0.258 e. The van der Waals surface area contributed by atoms with Gasteiger partial charge in [0, 0.05) is 0 Å². The monoisotopic (exact) mass is 252 g/mol. The van der Waals surface area contributed by atoms with Crippen LogP contribution in [0.2, 0.25) is 0 Å². The first-order valence-corrected chi connectivity index (χ1v) is 5.28. The maximum Gasteiger partial charge on any atom is 0.258 e. The van der Waals surface area contributed by atoms with Crippen molar-refractivity contribution < 1.29 is 0 Å². The van der Waals surface area contributed by atoms with Gasteiger partial charge in [-0.2, -0.15) is 15.6 Å². The molecule has 0 bridgehead atoms. The number of H-pyrrole nitrogens is 1. The fraction of sp³-hybridized carbons (Fsp3) is 0.0833. The zero-order valence-electron chi connectivity index (χ0n) is 9.93. The van der Waals surface area contributed by atoms with Crippen LogP contribution in [0.5, 0.6) is 0 Å². The molecule has 7 heteroatoms. The first-order chi connectivity index (χ1) is 9.17. The van der Waals surface area contributed by atoms with Crippen molar-refractivity contribution >= 4 is 22.3 Å². The Morgan fingerprint density at radius 1 is 1.42 bits per heavy atom. The third kappa shape index (κ3) is 2.26. The minimum Gasteiger partial charge on any atom is -0.313 e. The summed E-state index contributed by atoms with van der Waals surface area (Å²) in [6.45, 7) is 1.80. The molecule has 0 saturated carbocycles. The van der Waals surface area contributed by atoms with Gasteiger partial charge in [-0.3, -0.25) is 10.2 Å². The van der Waals surface area contributed by atoms with Crippen molar-refractivity contribution in [3.05, 3.63) is 34.4 Å². The molecule has 0 aliphatic carbocycles. The van der Waals surface area contributed by atoms with Gasteiger partial charge >= 0.3 is 0 Å². The highest BCUT2D eigenvalue weighted by molar-refractivity contribution is 6.10. The molecular weight excluding hydrogens is 244 g/mol. The molecule has 0 aliphatic rings. The van der Waals surface area contributed by atoms with Crippen molar-refractivity contribution in [2.75, 3.05) is 5.43 Å². The molecule has 92 valence electrons. The molecule has 0 fully saturated rings. The summed E-state index contributed by atoms with van der Waals surface area (Å²) in [6.07, 6.45) is 1.29. The summed E-state index contributed by atoms with van der Waals surface area (Å²) in [5.74, 6) is 0. The zero-order valence-corrected chi connectivity index (χ0v) is 9.93. The van der Waals surface area contributed by atoms with Crippen LogP contribution in [-0.2, 0) is 0 Å². The molecule has 2 aromatic rings. The number of nitrogens with one attached hydrogen (secondary N) is 2. The number of rotatable bonds is 2. The molecular formula is C12H8N6O. The normalized spacial score (nSPS) is 9.42. The van der Waals surface area contributed by atoms with Crippen LogP contribution >= 0.6 is 0 Å². The lowest BCUT2D eigenvalue weighted by atomic mass is 10.1. The molecule has 2 N–H and O–H groups in total. The van der Waals surface area contributed by atoms with Gasteiger partial charge in [0.15, 0.2) is 0 Å². The average molecular weight is 252 g/mol. The molecule has 0 radical (unpaired) electrons. The lowest BCUT2D eigenvalue weighted by Gasteiger charge is -2.07. The number of nitrogens with zero attached hydrogens (tertiary/aromatic N) is 4. The number of hydrazone groups is 1. The standard InChI is InChI=1S/C12H8N6O/c1-7-2-3-9-11(15-6-16-12(9)19)10(7)18-17-8(4-13)5-14/h2-3,6,18H,1H3,(H,15,16,19). The van der Waals surface area contributed by atoms with E-state index < -0.39 is 0 Å². The Labute approximate surface area is 107 Å². The quantitative estimate of drug-likeness (QED) is 0.611. The SMILES string of the molecule is Cc1ccc2c(=O)[nH]cnc2c1NN=C(C#N)C#N. The van der Waals surface area contributed by atoms with Gasteiger partial charge in [0.25, 0.3) is 5.56 Å². The van der Waals surface area contributed by atoms with Crippen molar-refractivity contribution in [3.63, 3.8) is 0 Å². The molecule has 0 aliphatic heterocycles. The molecule has 0 unspecified atom stereocenters. The van der Waals surface area contributed by atoms with Crippen molar-refractivity contribution in [2.24, 2.45) is 5.10 Å². The molecule has 0 spiro atoms. The lowest BCUT2D eigenvalue weighted by molar-refractivity contribution is 1.16. The van der Waals surface area contributed by atoms with E-state index in [1.165, 1.54) is 6.33 Å². The van der Waals surface area contributed by atoms with Crippen molar-refractivity contribution in [3.8, 4) is 12.1 Å². The van der Waals surface area contributed by atoms with Gasteiger partial charge in [-0.05, 0) is 18.6 Å². The Hall–Kier alpha value is -3.19. The van der Waals surface area contributed by atoms with E-state index in [0.29, 0.717) is 16.6 Å². The third-order valence-electron chi connectivity index (χ3n) is 2.51. The molecule has 2 rings (SSSR count). The number of fused-ring (bicyclic) bond motifs is 1. The third-order valence-corrected chi connectivity index (χ3v) is 2.51. The molecule has 1 aromatic carbocycles.